The van der Waals surface area contributed by atoms with E-state index in [9.17, 15) is 0 Å². The number of hydrogen-bond donors (Lipinski definition) is 1. The van der Waals surface area contributed by atoms with Crippen LogP contribution < -0.4 is 5.73 Å². The summed E-state index contributed by atoms with van der Waals surface area (Å²) in [7, 11) is 0. The third kappa shape index (κ3) is 3.56. The number of nitrogen functional groups attached to an aromatic ring is 1. The van der Waals surface area contributed by atoms with Gasteiger partial charge in [-0.3, -0.25) is 4.90 Å². The minimum atomic E-state index is -0.0286. The van der Waals surface area contributed by atoms with Gasteiger partial charge in [0.05, 0.1) is 12.2 Å². The topological polar surface area (TPSA) is 38.5 Å². The van der Waals surface area contributed by atoms with Gasteiger partial charge in [-0.15, -0.1) is 0 Å². The summed E-state index contributed by atoms with van der Waals surface area (Å²) >= 11 is 2.28. The fourth-order valence-corrected chi connectivity index (χ4v) is 2.76. The van der Waals surface area contributed by atoms with Crippen molar-refractivity contribution in [1.29, 1.82) is 0 Å². The second-order valence-corrected chi connectivity index (χ2v) is 6.34. The van der Waals surface area contributed by atoms with Gasteiger partial charge in [0.25, 0.3) is 0 Å². The first-order chi connectivity index (χ1) is 7.96. The molecule has 0 aliphatic carbocycles. The first kappa shape index (κ1) is 13.1. The Kier molecular flexibility index (Phi) is 3.95. The van der Waals surface area contributed by atoms with Gasteiger partial charge in [0, 0.05) is 28.9 Å². The molecule has 0 spiro atoms. The van der Waals surface area contributed by atoms with Crippen LogP contribution >= 0.6 is 22.6 Å². The predicted octanol–water partition coefficient (Wildman–Crippen LogP) is 2.48. The maximum atomic E-state index is 5.82. The number of ether oxygens (including phenoxy) is 1. The Bertz CT molecular complexity index is 406. The number of morpholine rings is 1. The van der Waals surface area contributed by atoms with Crippen molar-refractivity contribution in [1.82, 2.24) is 4.90 Å². The molecule has 0 unspecified atom stereocenters. The average molecular weight is 346 g/mol. The highest BCUT2D eigenvalue weighted by molar-refractivity contribution is 14.1. The molecule has 0 aromatic heterocycles. The van der Waals surface area contributed by atoms with Crippen molar-refractivity contribution < 1.29 is 4.74 Å². The van der Waals surface area contributed by atoms with E-state index < -0.39 is 0 Å². The number of hydrogen-bond acceptors (Lipinski definition) is 3. The molecule has 0 saturated carbocycles. The average Bonchev–Trinajstić information content (AvgIpc) is 2.22. The summed E-state index contributed by atoms with van der Waals surface area (Å²) in [5.41, 5.74) is 7.97. The van der Waals surface area contributed by atoms with Crippen molar-refractivity contribution in [3.63, 3.8) is 0 Å². The van der Waals surface area contributed by atoms with Gasteiger partial charge in [0.1, 0.15) is 0 Å². The van der Waals surface area contributed by atoms with E-state index in [0.29, 0.717) is 0 Å². The summed E-state index contributed by atoms with van der Waals surface area (Å²) in [6.07, 6.45) is 0. The van der Waals surface area contributed by atoms with Gasteiger partial charge in [0.2, 0.25) is 0 Å². The van der Waals surface area contributed by atoms with E-state index in [0.717, 1.165) is 35.5 Å². The van der Waals surface area contributed by atoms with E-state index in [4.69, 9.17) is 10.5 Å². The quantitative estimate of drug-likeness (QED) is 0.661. The first-order valence-electron chi connectivity index (χ1n) is 5.86. The Morgan fingerprint density at radius 1 is 1.47 bits per heavy atom. The van der Waals surface area contributed by atoms with Crippen molar-refractivity contribution in [2.75, 3.05) is 25.4 Å². The number of nitrogens with two attached hydrogens (primary N) is 1. The molecule has 1 aliphatic rings. The largest absolute Gasteiger partial charge is 0.398 e. The van der Waals surface area contributed by atoms with Gasteiger partial charge >= 0.3 is 0 Å². The van der Waals surface area contributed by atoms with Crippen molar-refractivity contribution in [3.05, 3.63) is 27.3 Å². The molecule has 0 bridgehead atoms. The molecule has 94 valence electrons. The van der Waals surface area contributed by atoms with Crippen LogP contribution in [0.2, 0.25) is 0 Å². The maximum absolute atomic E-state index is 5.82. The van der Waals surface area contributed by atoms with E-state index in [-0.39, 0.29) is 5.60 Å². The zero-order valence-corrected chi connectivity index (χ0v) is 12.5. The molecule has 1 fully saturated rings. The summed E-state index contributed by atoms with van der Waals surface area (Å²) in [6, 6.07) is 6.26. The molecule has 1 aromatic rings. The second-order valence-electron chi connectivity index (χ2n) is 5.17. The van der Waals surface area contributed by atoms with E-state index in [1.54, 1.807) is 0 Å². The lowest BCUT2D eigenvalue weighted by molar-refractivity contribution is -0.0882. The monoisotopic (exact) mass is 346 g/mol. The van der Waals surface area contributed by atoms with Gasteiger partial charge in [-0.05, 0) is 54.1 Å². The lowest BCUT2D eigenvalue weighted by Crippen LogP contribution is -2.47. The number of benzene rings is 1. The predicted molar refractivity (Wildman–Crippen MR) is 78.9 cm³/mol. The van der Waals surface area contributed by atoms with E-state index >= 15 is 0 Å². The molecule has 2 N–H and O–H groups in total. The van der Waals surface area contributed by atoms with Crippen LogP contribution in [0.4, 0.5) is 5.69 Å². The van der Waals surface area contributed by atoms with E-state index in [1.165, 1.54) is 5.56 Å². The summed E-state index contributed by atoms with van der Waals surface area (Å²) < 4.78 is 6.84. The highest BCUT2D eigenvalue weighted by Gasteiger charge is 2.26. The molecule has 0 radical (unpaired) electrons. The van der Waals surface area contributed by atoms with Crippen LogP contribution in [0.1, 0.15) is 19.4 Å². The van der Waals surface area contributed by atoms with Gasteiger partial charge in [0.15, 0.2) is 0 Å². The van der Waals surface area contributed by atoms with Crippen LogP contribution in [0.5, 0.6) is 0 Å². The molecule has 1 aromatic carbocycles. The van der Waals surface area contributed by atoms with Crippen LogP contribution in [-0.2, 0) is 11.3 Å². The second kappa shape index (κ2) is 5.12. The normalized spacial score (nSPS) is 20.4. The Hall–Kier alpha value is -0.330. The van der Waals surface area contributed by atoms with Gasteiger partial charge in [-0.2, -0.15) is 0 Å². The Morgan fingerprint density at radius 2 is 2.24 bits per heavy atom. The Labute approximate surface area is 116 Å². The molecule has 0 amide bonds. The van der Waals surface area contributed by atoms with Gasteiger partial charge in [-0.1, -0.05) is 6.07 Å². The lowest BCUT2D eigenvalue weighted by atomic mass is 10.1. The smallest absolute Gasteiger partial charge is 0.0753 e. The van der Waals surface area contributed by atoms with Crippen LogP contribution in [-0.4, -0.2) is 30.2 Å². The molecule has 1 aliphatic heterocycles. The van der Waals surface area contributed by atoms with Crippen molar-refractivity contribution >= 4 is 28.3 Å². The fraction of sp³-hybridized carbons (Fsp3) is 0.538. The van der Waals surface area contributed by atoms with Gasteiger partial charge in [-0.25, -0.2) is 0 Å². The van der Waals surface area contributed by atoms with Crippen molar-refractivity contribution in [2.45, 2.75) is 26.0 Å². The fourth-order valence-electron chi connectivity index (χ4n) is 2.18. The van der Waals surface area contributed by atoms with Crippen LogP contribution in [0.25, 0.3) is 0 Å². The summed E-state index contributed by atoms with van der Waals surface area (Å²) in [6.45, 7) is 8.07. The van der Waals surface area contributed by atoms with E-state index in [1.807, 2.05) is 6.07 Å². The third-order valence-corrected chi connectivity index (χ3v) is 3.91. The molecule has 1 saturated heterocycles. The SMILES string of the molecule is CC1(C)CN(Cc2ccc(N)c(I)c2)CCO1. The standard InChI is InChI=1S/C13H19IN2O/c1-13(2)9-16(5-6-17-13)8-10-3-4-12(15)11(14)7-10/h3-4,7H,5-6,8-9,15H2,1-2H3. The summed E-state index contributed by atoms with van der Waals surface area (Å²) in [4.78, 5) is 2.44. The van der Waals surface area contributed by atoms with Crippen LogP contribution in [0.15, 0.2) is 18.2 Å². The van der Waals surface area contributed by atoms with Crippen molar-refractivity contribution in [2.24, 2.45) is 0 Å². The number of halogens is 1. The summed E-state index contributed by atoms with van der Waals surface area (Å²) in [5.74, 6) is 0. The zero-order chi connectivity index (χ0) is 12.5. The highest BCUT2D eigenvalue weighted by atomic mass is 127. The van der Waals surface area contributed by atoms with E-state index in [2.05, 4.69) is 53.5 Å². The number of anilines is 1. The molecule has 4 heteroatoms. The number of nitrogens with zero attached hydrogens (tertiary/aromatic N) is 1. The van der Waals surface area contributed by atoms with Crippen LogP contribution in [0, 0.1) is 3.57 Å². The molecule has 3 nitrogen and oxygen atoms in total. The minimum Gasteiger partial charge on any atom is -0.398 e. The van der Waals surface area contributed by atoms with Crippen molar-refractivity contribution in [3.8, 4) is 0 Å². The highest BCUT2D eigenvalue weighted by Crippen LogP contribution is 2.21. The Morgan fingerprint density at radius 3 is 2.88 bits per heavy atom. The minimum absolute atomic E-state index is 0.0286. The zero-order valence-electron chi connectivity index (χ0n) is 10.4. The Balaban J connectivity index is 2.03. The molecular formula is C13H19IN2O. The van der Waals surface area contributed by atoms with Crippen LogP contribution in [0.3, 0.4) is 0 Å². The molecule has 17 heavy (non-hydrogen) atoms. The third-order valence-electron chi connectivity index (χ3n) is 2.98. The lowest BCUT2D eigenvalue weighted by Gasteiger charge is -2.38. The first-order valence-corrected chi connectivity index (χ1v) is 6.94. The molecule has 2 rings (SSSR count). The summed E-state index contributed by atoms with van der Waals surface area (Å²) in [5, 5.41) is 0. The maximum Gasteiger partial charge on any atom is 0.0753 e. The number of rotatable bonds is 2. The molecular weight excluding hydrogens is 327 g/mol. The molecule has 1 heterocycles. The van der Waals surface area contributed by atoms with Gasteiger partial charge < -0.3 is 10.5 Å². The molecule has 0 atom stereocenters.